The van der Waals surface area contributed by atoms with Gasteiger partial charge < -0.3 is 20.6 Å². The van der Waals surface area contributed by atoms with E-state index in [1.807, 2.05) is 12.1 Å². The van der Waals surface area contributed by atoms with E-state index in [0.717, 1.165) is 42.1 Å². The van der Waals surface area contributed by atoms with E-state index in [2.05, 4.69) is 15.8 Å². The van der Waals surface area contributed by atoms with Crippen molar-refractivity contribution in [1.29, 1.82) is 0 Å². The highest BCUT2D eigenvalue weighted by atomic mass is 35.5. The van der Waals surface area contributed by atoms with Gasteiger partial charge in [-0.1, -0.05) is 11.6 Å². The van der Waals surface area contributed by atoms with E-state index in [1.165, 1.54) is 12.2 Å². The molecule has 2 N–H and O–H groups in total. The summed E-state index contributed by atoms with van der Waals surface area (Å²) in [6, 6.07) is 7.35. The Morgan fingerprint density at radius 1 is 1.07 bits per heavy atom. The van der Waals surface area contributed by atoms with Gasteiger partial charge in [0.1, 0.15) is 5.84 Å². The summed E-state index contributed by atoms with van der Waals surface area (Å²) < 4.78 is 0. The van der Waals surface area contributed by atoms with Crippen molar-refractivity contribution in [3.8, 4) is 0 Å². The lowest BCUT2D eigenvalue weighted by Gasteiger charge is -2.17. The Morgan fingerprint density at radius 2 is 1.81 bits per heavy atom. The summed E-state index contributed by atoms with van der Waals surface area (Å²) in [7, 11) is 0. The minimum absolute atomic E-state index is 0.0369. The fraction of sp³-hybridized carbons (Fsp3) is 0.158. The van der Waals surface area contributed by atoms with Crippen molar-refractivity contribution in [3.05, 3.63) is 86.4 Å². The number of hydroxylamine groups is 1. The van der Waals surface area contributed by atoms with Crippen LogP contribution < -0.4 is 10.8 Å². The van der Waals surface area contributed by atoms with Crippen molar-refractivity contribution in [2.24, 2.45) is 4.99 Å². The number of hydrogen-bond acceptors (Lipinski definition) is 6. The second kappa shape index (κ2) is 7.20. The molecule has 0 spiro atoms. The molecule has 138 valence electrons. The molecule has 0 saturated heterocycles. The van der Waals surface area contributed by atoms with Crippen molar-refractivity contribution in [3.63, 3.8) is 0 Å². The van der Waals surface area contributed by atoms with Crippen molar-refractivity contribution in [2.45, 2.75) is 6.42 Å². The molecule has 2 aliphatic heterocycles. The number of allylic oxidation sites excluding steroid dienone is 5. The Labute approximate surface area is 160 Å². The lowest BCUT2D eigenvalue weighted by Crippen LogP contribution is -2.32. The van der Waals surface area contributed by atoms with Gasteiger partial charge in [-0.05, 0) is 42.8 Å². The van der Waals surface area contributed by atoms with Gasteiger partial charge in [-0.25, -0.2) is 5.48 Å². The van der Waals surface area contributed by atoms with E-state index in [-0.39, 0.29) is 5.71 Å². The van der Waals surface area contributed by atoms with Crippen LogP contribution in [0.3, 0.4) is 0 Å². The summed E-state index contributed by atoms with van der Waals surface area (Å²) >= 11 is 6.00. The third-order valence-electron chi connectivity index (χ3n) is 4.34. The molecule has 1 aromatic rings. The zero-order valence-electron chi connectivity index (χ0n) is 14.2. The molecule has 1 aromatic carbocycles. The van der Waals surface area contributed by atoms with Gasteiger partial charge >= 0.3 is 0 Å². The third-order valence-corrected chi connectivity index (χ3v) is 4.59. The lowest BCUT2D eigenvalue weighted by atomic mass is 9.98. The van der Waals surface area contributed by atoms with Gasteiger partial charge in [0, 0.05) is 41.4 Å². The van der Waals surface area contributed by atoms with Crippen LogP contribution in [0.15, 0.2) is 70.4 Å². The molecule has 27 heavy (non-hydrogen) atoms. The Bertz CT molecular complexity index is 934. The highest BCUT2D eigenvalue weighted by Crippen LogP contribution is 2.33. The van der Waals surface area contributed by atoms with E-state index in [4.69, 9.17) is 16.4 Å². The fourth-order valence-corrected chi connectivity index (χ4v) is 3.13. The Balaban J connectivity index is 1.83. The molecule has 4 rings (SSSR count). The van der Waals surface area contributed by atoms with Gasteiger partial charge in [0.25, 0.3) is 0 Å². The molecule has 0 amide bonds. The van der Waals surface area contributed by atoms with E-state index in [1.54, 1.807) is 24.3 Å². The molecule has 0 aromatic heterocycles. The third kappa shape index (κ3) is 3.41. The zero-order valence-corrected chi connectivity index (χ0v) is 15.0. The largest absolute Gasteiger partial charge is 0.612 e. The highest BCUT2D eigenvalue weighted by Gasteiger charge is 2.30. The van der Waals surface area contributed by atoms with Gasteiger partial charge in [-0.3, -0.25) is 4.99 Å². The minimum Gasteiger partial charge on any atom is -0.612 e. The summed E-state index contributed by atoms with van der Waals surface area (Å²) in [5.41, 5.74) is 6.12. The van der Waals surface area contributed by atoms with Crippen LogP contribution in [-0.4, -0.2) is 29.5 Å². The molecular weight excluding hydrogens is 368 g/mol. The average molecular weight is 384 g/mol. The van der Waals surface area contributed by atoms with Gasteiger partial charge in [-0.15, -0.1) is 0 Å². The zero-order chi connectivity index (χ0) is 18.8. The van der Waals surface area contributed by atoms with Gasteiger partial charge in [0.2, 0.25) is 5.71 Å². The molecule has 0 radical (unpaired) electrons. The van der Waals surface area contributed by atoms with Crippen LogP contribution in [0.25, 0.3) is 5.76 Å². The van der Waals surface area contributed by atoms with Crippen LogP contribution in [-0.2, 0) is 4.84 Å². The number of hydrogen-bond donors (Lipinski definition) is 2. The van der Waals surface area contributed by atoms with Crippen molar-refractivity contribution in [1.82, 2.24) is 10.8 Å². The van der Waals surface area contributed by atoms with E-state index < -0.39 is 4.90 Å². The predicted molar refractivity (Wildman–Crippen MR) is 105 cm³/mol. The molecule has 7 nitrogen and oxygen atoms in total. The van der Waals surface area contributed by atoms with Crippen LogP contribution in [0.5, 0.6) is 0 Å². The quantitative estimate of drug-likeness (QED) is 0.605. The first kappa shape index (κ1) is 17.2. The molecule has 0 unspecified atom stereocenters. The fourth-order valence-electron chi connectivity index (χ4n) is 3.00. The number of benzene rings is 1. The first-order valence-electron chi connectivity index (χ1n) is 8.47. The SMILES string of the molecule is [O-][N+]([O-])=C1C=CC(=C2NOC(c3ccc(Cl)cc3)=C2C2=NCCCN2)C=C1. The van der Waals surface area contributed by atoms with Crippen molar-refractivity contribution < 1.29 is 9.74 Å². The van der Waals surface area contributed by atoms with Crippen LogP contribution >= 0.6 is 11.6 Å². The van der Waals surface area contributed by atoms with Gasteiger partial charge in [0.15, 0.2) is 5.76 Å². The van der Waals surface area contributed by atoms with Crippen LogP contribution in [0.1, 0.15) is 12.0 Å². The second-order valence-corrected chi connectivity index (χ2v) is 6.54. The topological polar surface area (TPSA) is 94.8 Å². The maximum atomic E-state index is 10.9. The van der Waals surface area contributed by atoms with Crippen LogP contribution in [0, 0.1) is 10.4 Å². The molecule has 2 heterocycles. The summed E-state index contributed by atoms with van der Waals surface area (Å²) in [4.78, 5) is 9.96. The highest BCUT2D eigenvalue weighted by molar-refractivity contribution is 6.30. The summed E-state index contributed by atoms with van der Waals surface area (Å²) in [5.74, 6) is 1.37. The monoisotopic (exact) mass is 383 g/mol. The number of rotatable bonds is 2. The van der Waals surface area contributed by atoms with Gasteiger partial charge in [-0.2, -0.15) is 4.90 Å². The number of amidine groups is 1. The van der Waals surface area contributed by atoms with Crippen molar-refractivity contribution >= 4 is 28.9 Å². The van der Waals surface area contributed by atoms with Crippen molar-refractivity contribution in [2.75, 3.05) is 13.1 Å². The average Bonchev–Trinajstić information content (AvgIpc) is 3.14. The number of aliphatic imine (C=N–C) groups is 1. The maximum Gasteiger partial charge on any atom is 0.222 e. The van der Waals surface area contributed by atoms with Crippen LogP contribution in [0.2, 0.25) is 5.02 Å². The summed E-state index contributed by atoms with van der Waals surface area (Å²) in [6.45, 7) is 1.55. The normalized spacial score (nSPS) is 18.9. The standard InChI is InChI=1S/C19H16ClN4O3/c20-14-6-2-13(3-7-14)18-16(19-21-10-1-11-22-19)17(23-27-18)12-4-8-15(9-5-12)24(25)26/h2-9,23H,1,10-11H2,(H-,21,22,25,26)/q-1. The molecule has 0 bridgehead atoms. The molecule has 8 heteroatoms. The number of nitrogens with zero attached hydrogens (tertiary/aromatic N) is 2. The molecular formula is C19H16ClN4O3-. The Hall–Kier alpha value is -3.19. The number of halogens is 1. The summed E-state index contributed by atoms with van der Waals surface area (Å²) in [5, 5.41) is 25.8. The first-order chi connectivity index (χ1) is 13.1. The smallest absolute Gasteiger partial charge is 0.222 e. The second-order valence-electron chi connectivity index (χ2n) is 6.10. The maximum absolute atomic E-state index is 10.9. The number of nitrogens with one attached hydrogen (secondary N) is 2. The molecule has 0 saturated carbocycles. The Kier molecular flexibility index (Phi) is 4.60. The predicted octanol–water partition coefficient (Wildman–Crippen LogP) is 2.81. The molecule has 0 atom stereocenters. The molecule has 1 aliphatic carbocycles. The molecule has 3 aliphatic rings. The minimum atomic E-state index is -0.421. The van der Waals surface area contributed by atoms with Gasteiger partial charge in [0.05, 0.1) is 11.3 Å². The first-order valence-corrected chi connectivity index (χ1v) is 8.85. The van der Waals surface area contributed by atoms with E-state index in [9.17, 15) is 10.4 Å². The van der Waals surface area contributed by atoms with E-state index in [0.29, 0.717) is 16.5 Å². The van der Waals surface area contributed by atoms with Crippen LogP contribution in [0.4, 0.5) is 0 Å². The Morgan fingerprint density at radius 3 is 2.44 bits per heavy atom. The molecule has 0 fully saturated rings. The summed E-state index contributed by atoms with van der Waals surface area (Å²) in [6.07, 6.45) is 7.29. The van der Waals surface area contributed by atoms with E-state index >= 15 is 0 Å². The lowest BCUT2D eigenvalue weighted by molar-refractivity contribution is -0.377.